The Bertz CT molecular complexity index is 144. The molecule has 0 fully saturated rings. The summed E-state index contributed by atoms with van der Waals surface area (Å²) in [5.74, 6) is 0. The third kappa shape index (κ3) is 4.89. The SMILES string of the molecule is C/[P+]([O-])=C(\O)C[N+](C)(C)C. The van der Waals surface area contributed by atoms with Gasteiger partial charge in [0.15, 0.2) is 6.54 Å². The van der Waals surface area contributed by atoms with Crippen LogP contribution in [-0.4, -0.2) is 49.4 Å². The molecule has 0 heterocycles. The molecule has 0 bridgehead atoms. The fraction of sp³-hybridized carbons (Fsp3) is 0.833. The molecule has 0 saturated heterocycles. The van der Waals surface area contributed by atoms with E-state index in [1.165, 1.54) is 6.66 Å². The Hall–Kier alpha value is 0.0500. The second-order valence-corrected chi connectivity index (χ2v) is 4.87. The molecule has 0 aromatic heterocycles. The van der Waals surface area contributed by atoms with Crippen molar-refractivity contribution in [3.8, 4) is 0 Å². The monoisotopic (exact) mass is 164 g/mol. The third-order valence-corrected chi connectivity index (χ3v) is 1.85. The summed E-state index contributed by atoms with van der Waals surface area (Å²) in [4.78, 5) is 10.7. The lowest BCUT2D eigenvalue weighted by atomic mass is 10.5. The fourth-order valence-electron chi connectivity index (χ4n) is 0.524. The number of aliphatic hydroxyl groups excluding tert-OH is 1. The Morgan fingerprint density at radius 1 is 1.50 bits per heavy atom. The van der Waals surface area contributed by atoms with Crippen molar-refractivity contribution in [2.45, 2.75) is 0 Å². The molecular formula is C6H15NO2P+. The van der Waals surface area contributed by atoms with Crippen molar-refractivity contribution in [2.24, 2.45) is 0 Å². The number of quaternary nitrogens is 1. The third-order valence-electron chi connectivity index (χ3n) is 0.979. The molecule has 0 aliphatic heterocycles. The van der Waals surface area contributed by atoms with Crippen LogP contribution in [0.25, 0.3) is 0 Å². The fourth-order valence-corrected chi connectivity index (χ4v) is 1.15. The highest BCUT2D eigenvalue weighted by Gasteiger charge is 2.14. The van der Waals surface area contributed by atoms with Gasteiger partial charge in [0.25, 0.3) is 5.48 Å². The molecule has 0 spiro atoms. The predicted octanol–water partition coefficient (Wildman–Crippen LogP) is -0.418. The molecule has 1 atom stereocenters. The average Bonchev–Trinajstić information content (AvgIpc) is 1.60. The topological polar surface area (TPSA) is 43.3 Å². The highest BCUT2D eigenvalue weighted by molar-refractivity contribution is 7.50. The maximum atomic E-state index is 10.7. The molecule has 0 aliphatic carbocycles. The summed E-state index contributed by atoms with van der Waals surface area (Å²) in [6.07, 6.45) is 0. The Labute approximate surface area is 63.0 Å². The summed E-state index contributed by atoms with van der Waals surface area (Å²) in [5, 5.41) is 9.08. The molecule has 0 rings (SSSR count). The van der Waals surface area contributed by atoms with Gasteiger partial charge in [0.1, 0.15) is 0 Å². The molecule has 3 nitrogen and oxygen atoms in total. The van der Waals surface area contributed by atoms with Crippen LogP contribution in [0.1, 0.15) is 0 Å². The van der Waals surface area contributed by atoms with E-state index in [1.807, 2.05) is 21.1 Å². The molecule has 0 saturated carbocycles. The van der Waals surface area contributed by atoms with Crippen molar-refractivity contribution >= 4 is 13.3 Å². The summed E-state index contributed by atoms with van der Waals surface area (Å²) in [6.45, 7) is 1.98. The number of hydrogen-bond donors (Lipinski definition) is 1. The molecule has 1 unspecified atom stereocenters. The van der Waals surface area contributed by atoms with Gasteiger partial charge in [-0.15, -0.1) is 0 Å². The maximum absolute atomic E-state index is 10.7. The van der Waals surface area contributed by atoms with Crippen LogP contribution in [0.3, 0.4) is 0 Å². The van der Waals surface area contributed by atoms with Crippen LogP contribution in [0.15, 0.2) is 0 Å². The van der Waals surface area contributed by atoms with Crippen molar-refractivity contribution in [1.29, 1.82) is 0 Å². The van der Waals surface area contributed by atoms with Gasteiger partial charge in [0.2, 0.25) is 0 Å². The lowest BCUT2D eigenvalue weighted by Gasteiger charge is -2.21. The van der Waals surface area contributed by atoms with E-state index in [-0.39, 0.29) is 5.48 Å². The van der Waals surface area contributed by atoms with E-state index in [1.54, 1.807) is 0 Å². The minimum absolute atomic E-state index is 0.0995. The summed E-state index contributed by atoms with van der Waals surface area (Å²) in [5.41, 5.74) is 0.0995. The van der Waals surface area contributed by atoms with Crippen LogP contribution in [0.4, 0.5) is 0 Å². The predicted molar refractivity (Wildman–Crippen MR) is 42.7 cm³/mol. The van der Waals surface area contributed by atoms with E-state index in [9.17, 15) is 4.89 Å². The lowest BCUT2D eigenvalue weighted by molar-refractivity contribution is -0.861. The largest absolute Gasteiger partial charge is 0.629 e. The number of nitrogens with zero attached hydrogens (tertiary/aromatic N) is 1. The van der Waals surface area contributed by atoms with Crippen LogP contribution < -0.4 is 4.89 Å². The van der Waals surface area contributed by atoms with Gasteiger partial charge in [-0.1, -0.05) is 0 Å². The van der Waals surface area contributed by atoms with Gasteiger partial charge in [0, 0.05) is 0 Å². The quantitative estimate of drug-likeness (QED) is 0.445. The van der Waals surface area contributed by atoms with Gasteiger partial charge in [-0.25, -0.2) is 0 Å². The standard InChI is InChI=1S/C6H14NO2P/c1-7(2,3)5-6(8)10(4)9/h5H2,1-4H3/p+1. The van der Waals surface area contributed by atoms with Crippen LogP contribution in [0, 0.1) is 0 Å². The van der Waals surface area contributed by atoms with Crippen LogP contribution in [0.2, 0.25) is 0 Å². The van der Waals surface area contributed by atoms with E-state index in [4.69, 9.17) is 5.11 Å². The van der Waals surface area contributed by atoms with Crippen LogP contribution in [-0.2, 0) is 0 Å². The van der Waals surface area contributed by atoms with Crippen molar-refractivity contribution < 1.29 is 14.5 Å². The minimum Gasteiger partial charge on any atom is -0.629 e. The second kappa shape index (κ2) is 3.44. The Balaban J connectivity index is 4.06. The molecule has 0 amide bonds. The smallest absolute Gasteiger partial charge is 0.273 e. The van der Waals surface area contributed by atoms with Crippen LogP contribution >= 0.6 is 7.77 Å². The van der Waals surface area contributed by atoms with Gasteiger partial charge in [-0.3, -0.25) is 0 Å². The highest BCUT2D eigenvalue weighted by Crippen LogP contribution is 2.06. The Kier molecular flexibility index (Phi) is 3.46. The van der Waals surface area contributed by atoms with Crippen molar-refractivity contribution in [2.75, 3.05) is 34.4 Å². The number of hydrogen-bond acceptors (Lipinski definition) is 1. The first-order chi connectivity index (χ1) is 4.33. The Morgan fingerprint density at radius 3 is 2.00 bits per heavy atom. The summed E-state index contributed by atoms with van der Waals surface area (Å²) < 4.78 is 0.612. The number of likely N-dealkylation sites (N-methyl/N-ethyl adjacent to an activating group) is 1. The molecule has 10 heavy (non-hydrogen) atoms. The van der Waals surface area contributed by atoms with Crippen molar-refractivity contribution in [1.82, 2.24) is 0 Å². The average molecular weight is 164 g/mol. The molecule has 0 aromatic rings. The van der Waals surface area contributed by atoms with Gasteiger partial charge in [-0.2, -0.15) is 0 Å². The summed E-state index contributed by atoms with van der Waals surface area (Å²) in [6, 6.07) is 0. The zero-order valence-electron chi connectivity index (χ0n) is 6.96. The molecular weight excluding hydrogens is 149 g/mol. The van der Waals surface area contributed by atoms with Gasteiger partial charge in [-0.05, 0) is 0 Å². The first kappa shape index (κ1) is 10.0. The molecule has 60 valence electrons. The van der Waals surface area contributed by atoms with Crippen molar-refractivity contribution in [3.63, 3.8) is 0 Å². The van der Waals surface area contributed by atoms with Gasteiger partial charge < -0.3 is 14.5 Å². The minimum atomic E-state index is -1.52. The maximum Gasteiger partial charge on any atom is 0.273 e. The first-order valence-electron chi connectivity index (χ1n) is 3.09. The van der Waals surface area contributed by atoms with Gasteiger partial charge in [0.05, 0.1) is 35.6 Å². The van der Waals surface area contributed by atoms with Crippen molar-refractivity contribution in [3.05, 3.63) is 0 Å². The molecule has 0 radical (unpaired) electrons. The number of rotatable bonds is 2. The first-order valence-corrected chi connectivity index (χ1v) is 4.80. The lowest BCUT2D eigenvalue weighted by Crippen LogP contribution is -2.39. The molecule has 0 aliphatic rings. The summed E-state index contributed by atoms with van der Waals surface area (Å²) in [7, 11) is 4.30. The highest BCUT2D eigenvalue weighted by atomic mass is 31.1. The number of aliphatic hydroxyl groups is 1. The Morgan fingerprint density at radius 2 is 1.90 bits per heavy atom. The molecule has 4 heteroatoms. The zero-order chi connectivity index (χ0) is 8.36. The van der Waals surface area contributed by atoms with Gasteiger partial charge >= 0.3 is 0 Å². The van der Waals surface area contributed by atoms with E-state index in [0.717, 1.165) is 0 Å². The van der Waals surface area contributed by atoms with Crippen LogP contribution in [0.5, 0.6) is 0 Å². The van der Waals surface area contributed by atoms with E-state index >= 15 is 0 Å². The zero-order valence-corrected chi connectivity index (χ0v) is 7.85. The van der Waals surface area contributed by atoms with E-state index in [0.29, 0.717) is 11.0 Å². The second-order valence-electron chi connectivity index (χ2n) is 3.36. The molecule has 1 N–H and O–H groups in total. The van der Waals surface area contributed by atoms with E-state index in [2.05, 4.69) is 0 Å². The summed E-state index contributed by atoms with van der Waals surface area (Å²) >= 11 is 0. The van der Waals surface area contributed by atoms with E-state index < -0.39 is 7.77 Å². The molecule has 0 aromatic carbocycles. The normalized spacial score (nSPS) is 15.0.